The Morgan fingerprint density at radius 2 is 2.12 bits per heavy atom. The molecule has 0 radical (unpaired) electrons. The minimum atomic E-state index is -0.289. The highest BCUT2D eigenvalue weighted by atomic mass is 79.9. The number of nitrogens with one attached hydrogen (secondary N) is 1. The van der Waals surface area contributed by atoms with E-state index < -0.39 is 0 Å². The Hall–Kier alpha value is -1.62. The molecule has 1 heterocycles. The van der Waals surface area contributed by atoms with E-state index in [9.17, 15) is 4.79 Å². The van der Waals surface area contributed by atoms with E-state index in [4.69, 9.17) is 0 Å². The lowest BCUT2D eigenvalue weighted by atomic mass is 9.69. The lowest BCUT2D eigenvalue weighted by molar-refractivity contribution is -0.124. The first kappa shape index (κ1) is 17.2. The first-order valence-corrected chi connectivity index (χ1v) is 9.43. The van der Waals surface area contributed by atoms with Gasteiger partial charge in [0.05, 0.1) is 0 Å². The number of nitrogens with zero attached hydrogens (tertiary/aromatic N) is 2. The van der Waals surface area contributed by atoms with Gasteiger partial charge >= 0.3 is 0 Å². The number of rotatable bonds is 5. The van der Waals surface area contributed by atoms with Crippen LogP contribution in [0.1, 0.15) is 50.6 Å². The van der Waals surface area contributed by atoms with Crippen LogP contribution in [0.15, 0.2) is 47.2 Å². The van der Waals surface area contributed by atoms with Gasteiger partial charge in [-0.1, -0.05) is 47.3 Å². The third-order valence-electron chi connectivity index (χ3n) is 5.15. The fraction of sp³-hybridized carbons (Fsp3) is 0.474. The molecule has 1 fully saturated rings. The van der Waals surface area contributed by atoms with E-state index in [2.05, 4.69) is 50.6 Å². The molecule has 1 aromatic carbocycles. The molecule has 24 heavy (non-hydrogen) atoms. The standard InChI is InChI=1S/C19H24BrN3O/c1-15(23-12-6-11-22-23)18(24)21-14-19(9-3-2-4-10-19)16-7-5-8-17(20)13-16/h5-8,11-13,15H,2-4,9-10,14H2,1H3,(H,21,24)/t15-/m1/s1. The lowest BCUT2D eigenvalue weighted by Gasteiger charge is -2.38. The van der Waals surface area contributed by atoms with Crippen LogP contribution in [0.4, 0.5) is 0 Å². The van der Waals surface area contributed by atoms with Gasteiger partial charge in [-0.2, -0.15) is 5.10 Å². The van der Waals surface area contributed by atoms with Crippen LogP contribution in [0.5, 0.6) is 0 Å². The Bertz CT molecular complexity index is 678. The van der Waals surface area contributed by atoms with Crippen LogP contribution in [-0.4, -0.2) is 22.2 Å². The molecule has 0 bridgehead atoms. The molecule has 1 aliphatic carbocycles. The van der Waals surface area contributed by atoms with Gasteiger partial charge in [0.25, 0.3) is 0 Å². The lowest BCUT2D eigenvalue weighted by Crippen LogP contribution is -2.44. The molecule has 0 spiro atoms. The average molecular weight is 390 g/mol. The van der Waals surface area contributed by atoms with Crippen LogP contribution < -0.4 is 5.32 Å². The van der Waals surface area contributed by atoms with Gasteiger partial charge in [0.15, 0.2) is 0 Å². The molecule has 5 heteroatoms. The number of hydrogen-bond donors (Lipinski definition) is 1. The van der Waals surface area contributed by atoms with Crippen molar-refractivity contribution in [1.29, 1.82) is 0 Å². The fourth-order valence-electron chi connectivity index (χ4n) is 3.65. The van der Waals surface area contributed by atoms with Crippen molar-refractivity contribution in [2.24, 2.45) is 0 Å². The minimum Gasteiger partial charge on any atom is -0.353 e. The molecule has 1 N–H and O–H groups in total. The second kappa shape index (κ2) is 7.51. The second-order valence-corrected chi connectivity index (χ2v) is 7.65. The van der Waals surface area contributed by atoms with E-state index in [1.165, 1.54) is 24.8 Å². The highest BCUT2D eigenvalue weighted by Gasteiger charge is 2.34. The van der Waals surface area contributed by atoms with Gasteiger partial charge in [0.2, 0.25) is 5.91 Å². The molecule has 0 saturated heterocycles. The van der Waals surface area contributed by atoms with Crippen LogP contribution in [-0.2, 0) is 10.2 Å². The van der Waals surface area contributed by atoms with Crippen LogP contribution in [0.25, 0.3) is 0 Å². The molecular formula is C19H24BrN3O. The summed E-state index contributed by atoms with van der Waals surface area (Å²) in [5.74, 6) is 0.0265. The zero-order chi connectivity index (χ0) is 17.0. The van der Waals surface area contributed by atoms with Gasteiger partial charge in [0.1, 0.15) is 6.04 Å². The number of amides is 1. The Labute approximate surface area is 151 Å². The molecule has 1 amide bonds. The third kappa shape index (κ3) is 3.72. The van der Waals surface area contributed by atoms with E-state index in [-0.39, 0.29) is 17.4 Å². The van der Waals surface area contributed by atoms with Crippen molar-refractivity contribution < 1.29 is 4.79 Å². The molecule has 2 aromatic rings. The monoisotopic (exact) mass is 389 g/mol. The topological polar surface area (TPSA) is 46.9 Å². The Balaban J connectivity index is 1.74. The van der Waals surface area contributed by atoms with Crippen molar-refractivity contribution >= 4 is 21.8 Å². The van der Waals surface area contributed by atoms with Gasteiger partial charge < -0.3 is 5.32 Å². The summed E-state index contributed by atoms with van der Waals surface area (Å²) in [7, 11) is 0. The summed E-state index contributed by atoms with van der Waals surface area (Å²) in [4.78, 5) is 12.5. The predicted octanol–water partition coefficient (Wildman–Crippen LogP) is 4.22. The average Bonchev–Trinajstić information content (AvgIpc) is 3.14. The van der Waals surface area contributed by atoms with Crippen LogP contribution >= 0.6 is 15.9 Å². The van der Waals surface area contributed by atoms with Crippen LogP contribution in [0.2, 0.25) is 0 Å². The summed E-state index contributed by atoms with van der Waals surface area (Å²) in [5, 5.41) is 7.35. The second-order valence-electron chi connectivity index (χ2n) is 6.73. The maximum Gasteiger partial charge on any atom is 0.244 e. The van der Waals surface area contributed by atoms with Gasteiger partial charge in [-0.3, -0.25) is 9.48 Å². The van der Waals surface area contributed by atoms with E-state index in [1.54, 1.807) is 10.9 Å². The SMILES string of the molecule is C[C@H](C(=O)NCC1(c2cccc(Br)c2)CCCCC1)n1cccn1. The quantitative estimate of drug-likeness (QED) is 0.831. The molecule has 0 aliphatic heterocycles. The van der Waals surface area contributed by atoms with Gasteiger partial charge in [0, 0.05) is 28.8 Å². The normalized spacial score (nSPS) is 18.1. The fourth-order valence-corrected chi connectivity index (χ4v) is 4.05. The smallest absolute Gasteiger partial charge is 0.244 e. The number of carbonyl (C=O) groups is 1. The molecule has 0 unspecified atom stereocenters. The molecule has 128 valence electrons. The summed E-state index contributed by atoms with van der Waals surface area (Å²) in [6.45, 7) is 2.57. The zero-order valence-electron chi connectivity index (χ0n) is 14.0. The van der Waals surface area contributed by atoms with E-state index >= 15 is 0 Å². The molecule has 1 aliphatic rings. The van der Waals surface area contributed by atoms with Crippen molar-refractivity contribution in [3.63, 3.8) is 0 Å². The Morgan fingerprint density at radius 3 is 2.79 bits per heavy atom. The van der Waals surface area contributed by atoms with Crippen molar-refractivity contribution in [1.82, 2.24) is 15.1 Å². The molecule has 3 rings (SSSR count). The number of aromatic nitrogens is 2. The molecule has 1 aromatic heterocycles. The van der Waals surface area contributed by atoms with E-state index in [1.807, 2.05) is 19.2 Å². The molecule has 1 atom stereocenters. The van der Waals surface area contributed by atoms with Crippen LogP contribution in [0, 0.1) is 0 Å². The minimum absolute atomic E-state index is 0.0265. The molecular weight excluding hydrogens is 366 g/mol. The third-order valence-corrected chi connectivity index (χ3v) is 5.64. The molecule has 4 nitrogen and oxygen atoms in total. The summed E-state index contributed by atoms with van der Waals surface area (Å²) in [6.07, 6.45) is 9.50. The van der Waals surface area contributed by atoms with E-state index in [0.717, 1.165) is 17.3 Å². The highest BCUT2D eigenvalue weighted by Crippen LogP contribution is 2.39. The summed E-state index contributed by atoms with van der Waals surface area (Å²) >= 11 is 3.58. The van der Waals surface area contributed by atoms with Crippen LogP contribution in [0.3, 0.4) is 0 Å². The van der Waals surface area contributed by atoms with Crippen molar-refractivity contribution in [3.05, 3.63) is 52.8 Å². The largest absolute Gasteiger partial charge is 0.353 e. The molecule has 1 saturated carbocycles. The summed E-state index contributed by atoms with van der Waals surface area (Å²) in [6, 6.07) is 10.1. The zero-order valence-corrected chi connectivity index (χ0v) is 15.6. The van der Waals surface area contributed by atoms with Crippen molar-refractivity contribution in [3.8, 4) is 0 Å². The van der Waals surface area contributed by atoms with Gasteiger partial charge in [-0.15, -0.1) is 0 Å². The number of halogens is 1. The first-order chi connectivity index (χ1) is 11.6. The Morgan fingerprint density at radius 1 is 1.33 bits per heavy atom. The maximum absolute atomic E-state index is 12.5. The van der Waals surface area contributed by atoms with E-state index in [0.29, 0.717) is 6.54 Å². The highest BCUT2D eigenvalue weighted by molar-refractivity contribution is 9.10. The maximum atomic E-state index is 12.5. The van der Waals surface area contributed by atoms with Gasteiger partial charge in [-0.25, -0.2) is 0 Å². The summed E-state index contributed by atoms with van der Waals surface area (Å²) in [5.41, 5.74) is 1.37. The first-order valence-electron chi connectivity index (χ1n) is 8.64. The number of carbonyl (C=O) groups excluding carboxylic acids is 1. The Kier molecular flexibility index (Phi) is 5.39. The van der Waals surface area contributed by atoms with Gasteiger partial charge in [-0.05, 0) is 43.5 Å². The number of benzene rings is 1. The predicted molar refractivity (Wildman–Crippen MR) is 98.9 cm³/mol. The van der Waals surface area contributed by atoms with Crippen molar-refractivity contribution in [2.75, 3.05) is 6.54 Å². The van der Waals surface area contributed by atoms with Crippen molar-refractivity contribution in [2.45, 2.75) is 50.5 Å². The summed E-state index contributed by atoms with van der Waals surface area (Å²) < 4.78 is 2.79. The number of hydrogen-bond acceptors (Lipinski definition) is 2.